The number of allylic oxidation sites excluding steroid dienone is 1. The number of aromatic nitrogens is 1. The molecule has 24 heavy (non-hydrogen) atoms. The normalized spacial score (nSPS) is 15.1. The molecule has 122 valence electrons. The molecule has 5 nitrogen and oxygen atoms in total. The number of carbonyl (C=O) groups excluding carboxylic acids is 2. The van der Waals surface area contributed by atoms with Gasteiger partial charge in [0.25, 0.3) is 0 Å². The molecule has 3 rings (SSSR count). The lowest BCUT2D eigenvalue weighted by Crippen LogP contribution is -2.25. The molecule has 1 aromatic carbocycles. The number of hydrogen-bond acceptors (Lipinski definition) is 5. The van der Waals surface area contributed by atoms with E-state index in [2.05, 4.69) is 4.98 Å². The Bertz CT molecular complexity index is 832. The number of benzene rings is 1. The van der Waals surface area contributed by atoms with Gasteiger partial charge in [-0.1, -0.05) is 6.07 Å². The molecule has 0 fully saturated rings. The van der Waals surface area contributed by atoms with Gasteiger partial charge in [-0.3, -0.25) is 14.6 Å². The SMILES string of the molecule is CC(C)(C)C(=O)Oc1ccc2c(c1)O/C(=C\c1ccccn1)C2=O. The van der Waals surface area contributed by atoms with Crippen molar-refractivity contribution < 1.29 is 19.1 Å². The Morgan fingerprint density at radius 3 is 2.67 bits per heavy atom. The van der Waals surface area contributed by atoms with Crippen LogP contribution in [-0.2, 0) is 4.79 Å². The second kappa shape index (κ2) is 5.92. The molecule has 0 N–H and O–H groups in total. The van der Waals surface area contributed by atoms with Crippen LogP contribution in [0, 0.1) is 5.41 Å². The van der Waals surface area contributed by atoms with Crippen molar-refractivity contribution in [3.63, 3.8) is 0 Å². The van der Waals surface area contributed by atoms with Crippen LogP contribution in [0.25, 0.3) is 6.08 Å². The van der Waals surface area contributed by atoms with E-state index >= 15 is 0 Å². The number of Topliss-reactive ketones (excluding diaryl/α,β-unsaturated/α-hetero) is 1. The number of hydrogen-bond donors (Lipinski definition) is 0. The third kappa shape index (κ3) is 3.20. The summed E-state index contributed by atoms with van der Waals surface area (Å²) in [7, 11) is 0. The van der Waals surface area contributed by atoms with E-state index in [1.54, 1.807) is 63.4 Å². The summed E-state index contributed by atoms with van der Waals surface area (Å²) in [5.41, 5.74) is 0.459. The fourth-order valence-electron chi connectivity index (χ4n) is 2.09. The number of ketones is 1. The van der Waals surface area contributed by atoms with Crippen molar-refractivity contribution in [2.45, 2.75) is 20.8 Å². The monoisotopic (exact) mass is 323 g/mol. The molecule has 0 saturated heterocycles. The van der Waals surface area contributed by atoms with Crippen LogP contribution < -0.4 is 9.47 Å². The van der Waals surface area contributed by atoms with Crippen LogP contribution in [0.15, 0.2) is 48.4 Å². The van der Waals surface area contributed by atoms with Gasteiger partial charge in [-0.15, -0.1) is 0 Å². The van der Waals surface area contributed by atoms with Gasteiger partial charge in [-0.2, -0.15) is 0 Å². The molecule has 5 heteroatoms. The zero-order chi connectivity index (χ0) is 17.3. The summed E-state index contributed by atoms with van der Waals surface area (Å²) in [6.45, 7) is 5.32. The summed E-state index contributed by atoms with van der Waals surface area (Å²) in [6.07, 6.45) is 3.23. The zero-order valence-electron chi connectivity index (χ0n) is 13.7. The molecule has 2 aromatic rings. The fourth-order valence-corrected chi connectivity index (χ4v) is 2.09. The van der Waals surface area contributed by atoms with Crippen molar-refractivity contribution in [1.29, 1.82) is 0 Å². The number of ether oxygens (including phenoxy) is 2. The van der Waals surface area contributed by atoms with Crippen LogP contribution in [0.1, 0.15) is 36.8 Å². The molecule has 1 aromatic heterocycles. The lowest BCUT2D eigenvalue weighted by molar-refractivity contribution is -0.142. The summed E-state index contributed by atoms with van der Waals surface area (Å²) in [6, 6.07) is 10.1. The molecule has 0 amide bonds. The Labute approximate surface area is 139 Å². The topological polar surface area (TPSA) is 65.5 Å². The summed E-state index contributed by atoms with van der Waals surface area (Å²) in [5.74, 6) is 0.352. The smallest absolute Gasteiger partial charge is 0.316 e. The molecule has 0 unspecified atom stereocenters. The lowest BCUT2D eigenvalue weighted by atomic mass is 9.97. The van der Waals surface area contributed by atoms with Crippen LogP contribution in [0.4, 0.5) is 0 Å². The van der Waals surface area contributed by atoms with Gasteiger partial charge in [0, 0.05) is 18.3 Å². The summed E-state index contributed by atoms with van der Waals surface area (Å²) in [5, 5.41) is 0. The van der Waals surface area contributed by atoms with E-state index in [0.717, 1.165) is 0 Å². The molecule has 0 spiro atoms. The quantitative estimate of drug-likeness (QED) is 0.479. The fraction of sp³-hybridized carbons (Fsp3) is 0.211. The number of esters is 1. The van der Waals surface area contributed by atoms with E-state index in [9.17, 15) is 9.59 Å². The van der Waals surface area contributed by atoms with Crippen molar-refractivity contribution in [3.05, 3.63) is 59.6 Å². The molecule has 0 saturated carbocycles. The highest BCUT2D eigenvalue weighted by Crippen LogP contribution is 2.35. The number of rotatable bonds is 2. The van der Waals surface area contributed by atoms with Gasteiger partial charge in [0.15, 0.2) is 5.76 Å². The molecule has 1 aliphatic rings. The summed E-state index contributed by atoms with van der Waals surface area (Å²) < 4.78 is 10.9. The molecule has 2 heterocycles. The van der Waals surface area contributed by atoms with Gasteiger partial charge in [0.1, 0.15) is 11.5 Å². The Morgan fingerprint density at radius 1 is 1.21 bits per heavy atom. The van der Waals surface area contributed by atoms with Gasteiger partial charge < -0.3 is 9.47 Å². The van der Waals surface area contributed by atoms with Crippen molar-refractivity contribution >= 4 is 17.8 Å². The highest BCUT2D eigenvalue weighted by Gasteiger charge is 2.29. The van der Waals surface area contributed by atoms with Crippen LogP contribution in [0.3, 0.4) is 0 Å². The standard InChI is InChI=1S/C19H17NO4/c1-19(2,3)18(22)23-13-7-8-14-15(11-13)24-16(17(14)21)10-12-6-4-5-9-20-12/h4-11H,1-3H3/b16-10-. The van der Waals surface area contributed by atoms with Crippen LogP contribution in [-0.4, -0.2) is 16.7 Å². The average molecular weight is 323 g/mol. The number of pyridine rings is 1. The second-order valence-electron chi connectivity index (χ2n) is 6.49. The van der Waals surface area contributed by atoms with E-state index in [0.29, 0.717) is 22.8 Å². The minimum atomic E-state index is -0.611. The van der Waals surface area contributed by atoms with Gasteiger partial charge in [-0.05, 0) is 45.0 Å². The lowest BCUT2D eigenvalue weighted by Gasteiger charge is -2.16. The average Bonchev–Trinajstić information content (AvgIpc) is 2.83. The van der Waals surface area contributed by atoms with Crippen molar-refractivity contribution in [2.75, 3.05) is 0 Å². The Balaban J connectivity index is 1.85. The van der Waals surface area contributed by atoms with Crippen molar-refractivity contribution in [3.8, 4) is 11.5 Å². The van der Waals surface area contributed by atoms with Crippen molar-refractivity contribution in [1.82, 2.24) is 4.98 Å². The first-order valence-corrected chi connectivity index (χ1v) is 7.56. The minimum Gasteiger partial charge on any atom is -0.452 e. The summed E-state index contributed by atoms with van der Waals surface area (Å²) in [4.78, 5) is 28.5. The number of nitrogens with zero attached hydrogens (tertiary/aromatic N) is 1. The second-order valence-corrected chi connectivity index (χ2v) is 6.49. The third-order valence-electron chi connectivity index (χ3n) is 3.43. The van der Waals surface area contributed by atoms with E-state index in [1.807, 2.05) is 6.07 Å². The Hall–Kier alpha value is -2.95. The largest absolute Gasteiger partial charge is 0.452 e. The maximum Gasteiger partial charge on any atom is 0.316 e. The first-order valence-electron chi connectivity index (χ1n) is 7.56. The molecule has 0 atom stereocenters. The van der Waals surface area contributed by atoms with Crippen LogP contribution in [0.2, 0.25) is 0 Å². The van der Waals surface area contributed by atoms with E-state index < -0.39 is 5.41 Å². The molecule has 0 bridgehead atoms. The molecule has 0 aliphatic carbocycles. The maximum atomic E-state index is 12.4. The first-order chi connectivity index (χ1) is 11.3. The molecular weight excluding hydrogens is 306 g/mol. The highest BCUT2D eigenvalue weighted by atomic mass is 16.5. The van der Waals surface area contributed by atoms with Gasteiger partial charge in [0.05, 0.1) is 16.7 Å². The highest BCUT2D eigenvalue weighted by molar-refractivity contribution is 6.14. The zero-order valence-corrected chi connectivity index (χ0v) is 13.7. The summed E-state index contributed by atoms with van der Waals surface area (Å²) >= 11 is 0. The molecule has 0 radical (unpaired) electrons. The Kier molecular flexibility index (Phi) is 3.93. The Morgan fingerprint density at radius 2 is 2.00 bits per heavy atom. The van der Waals surface area contributed by atoms with Gasteiger partial charge in [-0.25, -0.2) is 0 Å². The molecule has 1 aliphatic heterocycles. The van der Waals surface area contributed by atoms with Crippen LogP contribution in [0.5, 0.6) is 11.5 Å². The number of carbonyl (C=O) groups is 2. The van der Waals surface area contributed by atoms with Crippen LogP contribution >= 0.6 is 0 Å². The van der Waals surface area contributed by atoms with Gasteiger partial charge in [0.2, 0.25) is 5.78 Å². The predicted molar refractivity (Wildman–Crippen MR) is 88.7 cm³/mol. The maximum absolute atomic E-state index is 12.4. The first kappa shape index (κ1) is 15.9. The van der Waals surface area contributed by atoms with E-state index in [-0.39, 0.29) is 17.5 Å². The van der Waals surface area contributed by atoms with E-state index in [1.165, 1.54) is 0 Å². The minimum absolute atomic E-state index is 0.197. The van der Waals surface area contributed by atoms with E-state index in [4.69, 9.17) is 9.47 Å². The third-order valence-corrected chi connectivity index (χ3v) is 3.43. The predicted octanol–water partition coefficient (Wildman–Crippen LogP) is 3.65. The van der Waals surface area contributed by atoms with Gasteiger partial charge >= 0.3 is 5.97 Å². The molecular formula is C19H17NO4. The van der Waals surface area contributed by atoms with Crippen molar-refractivity contribution in [2.24, 2.45) is 5.41 Å². The number of fused-ring (bicyclic) bond motifs is 1.